The molecule has 0 spiro atoms. The summed E-state index contributed by atoms with van der Waals surface area (Å²) in [6.07, 6.45) is 2.77. The maximum absolute atomic E-state index is 13.8. The van der Waals surface area contributed by atoms with Gasteiger partial charge in [0, 0.05) is 25.2 Å². The molecule has 2 heterocycles. The van der Waals surface area contributed by atoms with Gasteiger partial charge >= 0.3 is 0 Å². The number of rotatable bonds is 7. The van der Waals surface area contributed by atoms with Crippen LogP contribution in [0.1, 0.15) is 38.7 Å². The maximum atomic E-state index is 13.8. The number of hydrogen-bond donors (Lipinski definition) is 0. The van der Waals surface area contributed by atoms with Gasteiger partial charge in [0.2, 0.25) is 6.79 Å². The highest BCUT2D eigenvalue weighted by Crippen LogP contribution is 2.39. The summed E-state index contributed by atoms with van der Waals surface area (Å²) in [5.74, 6) is 1.92. The van der Waals surface area contributed by atoms with Crippen molar-refractivity contribution in [1.29, 1.82) is 0 Å². The molecule has 2 aliphatic rings. The van der Waals surface area contributed by atoms with Crippen molar-refractivity contribution in [3.05, 3.63) is 48.0 Å². The number of fused-ring (bicyclic) bond motifs is 1. The van der Waals surface area contributed by atoms with E-state index in [2.05, 4.69) is 18.7 Å². The van der Waals surface area contributed by atoms with Crippen LogP contribution in [-0.4, -0.2) is 45.8 Å². The van der Waals surface area contributed by atoms with Crippen LogP contribution in [0.25, 0.3) is 0 Å². The molecular formula is C24H32N2O4S. The van der Waals surface area contributed by atoms with Gasteiger partial charge in [0.1, 0.15) is 0 Å². The van der Waals surface area contributed by atoms with Crippen molar-refractivity contribution in [2.24, 2.45) is 5.92 Å². The molecule has 0 N–H and O–H groups in total. The van der Waals surface area contributed by atoms with Gasteiger partial charge in [0.15, 0.2) is 11.5 Å². The van der Waals surface area contributed by atoms with Gasteiger partial charge in [-0.05, 0) is 62.9 Å². The maximum Gasteiger partial charge on any atom is 0.264 e. The Morgan fingerprint density at radius 3 is 2.39 bits per heavy atom. The van der Waals surface area contributed by atoms with Crippen LogP contribution in [-0.2, 0) is 10.0 Å². The van der Waals surface area contributed by atoms with E-state index in [-0.39, 0.29) is 12.8 Å². The van der Waals surface area contributed by atoms with Gasteiger partial charge < -0.3 is 14.4 Å². The highest BCUT2D eigenvalue weighted by molar-refractivity contribution is 7.92. The molecule has 1 saturated heterocycles. The van der Waals surface area contributed by atoms with Gasteiger partial charge in [-0.1, -0.05) is 31.5 Å². The van der Waals surface area contributed by atoms with E-state index in [0.717, 1.165) is 44.5 Å². The van der Waals surface area contributed by atoms with Crippen LogP contribution in [0, 0.1) is 12.8 Å². The Kier molecular flexibility index (Phi) is 6.44. The van der Waals surface area contributed by atoms with E-state index in [4.69, 9.17) is 9.47 Å². The van der Waals surface area contributed by atoms with Crippen molar-refractivity contribution in [2.75, 3.05) is 30.7 Å². The number of hydrogen-bond acceptors (Lipinski definition) is 5. The first-order valence-corrected chi connectivity index (χ1v) is 12.5. The van der Waals surface area contributed by atoms with Crippen LogP contribution in [0.2, 0.25) is 0 Å². The third-order valence-corrected chi connectivity index (χ3v) is 7.99. The lowest BCUT2D eigenvalue weighted by atomic mass is 10.0. The largest absolute Gasteiger partial charge is 0.454 e. The van der Waals surface area contributed by atoms with Gasteiger partial charge in [0.05, 0.1) is 10.6 Å². The van der Waals surface area contributed by atoms with Crippen LogP contribution in [0.3, 0.4) is 0 Å². The van der Waals surface area contributed by atoms with Gasteiger partial charge in [-0.15, -0.1) is 0 Å². The smallest absolute Gasteiger partial charge is 0.264 e. The Bertz CT molecular complexity index is 997. The zero-order valence-electron chi connectivity index (χ0n) is 18.6. The molecule has 4 rings (SSSR count). The van der Waals surface area contributed by atoms with Crippen molar-refractivity contribution in [1.82, 2.24) is 4.90 Å². The van der Waals surface area contributed by atoms with E-state index in [0.29, 0.717) is 28.0 Å². The number of aryl methyl sites for hydroxylation is 1. The number of piperidine rings is 1. The second-order valence-electron chi connectivity index (χ2n) is 8.91. The first-order valence-electron chi connectivity index (χ1n) is 11.1. The molecule has 0 atom stereocenters. The SMILES string of the molecule is Cc1ccc(S(=O)(=O)N(c2ccc3c(c2)OCO3)C2CCN(CCC(C)C)CC2)cc1. The van der Waals surface area contributed by atoms with Gasteiger partial charge in [-0.25, -0.2) is 8.42 Å². The van der Waals surface area contributed by atoms with Crippen LogP contribution < -0.4 is 13.8 Å². The standard InChI is InChI=1S/C24H32N2O4S/c1-18(2)10-13-25-14-11-20(12-15-25)26(21-6-9-23-24(16-21)30-17-29-23)31(27,28)22-7-4-19(3)5-8-22/h4-9,16,18,20H,10-15,17H2,1-3H3. The summed E-state index contributed by atoms with van der Waals surface area (Å²) in [7, 11) is -3.71. The molecular weight excluding hydrogens is 412 g/mol. The van der Waals surface area contributed by atoms with Gasteiger partial charge in [0.25, 0.3) is 10.0 Å². The lowest BCUT2D eigenvalue weighted by Crippen LogP contribution is -2.47. The van der Waals surface area contributed by atoms with Crippen molar-refractivity contribution in [3.63, 3.8) is 0 Å². The summed E-state index contributed by atoms with van der Waals surface area (Å²) in [6.45, 7) is 9.48. The van der Waals surface area contributed by atoms with Crippen LogP contribution in [0.4, 0.5) is 5.69 Å². The fraction of sp³-hybridized carbons (Fsp3) is 0.500. The molecule has 7 heteroatoms. The fourth-order valence-corrected chi connectivity index (χ4v) is 5.91. The lowest BCUT2D eigenvalue weighted by molar-refractivity contribution is 0.174. The van der Waals surface area contributed by atoms with Gasteiger partial charge in [-0.2, -0.15) is 0 Å². The van der Waals surface area contributed by atoms with E-state index in [1.807, 2.05) is 25.1 Å². The summed E-state index contributed by atoms with van der Waals surface area (Å²) in [6, 6.07) is 12.4. The van der Waals surface area contributed by atoms with Crippen molar-refractivity contribution < 1.29 is 17.9 Å². The summed E-state index contributed by atoms with van der Waals surface area (Å²) >= 11 is 0. The van der Waals surface area contributed by atoms with Crippen molar-refractivity contribution >= 4 is 15.7 Å². The minimum Gasteiger partial charge on any atom is -0.454 e. The predicted molar refractivity (Wildman–Crippen MR) is 122 cm³/mol. The van der Waals surface area contributed by atoms with Crippen molar-refractivity contribution in [2.45, 2.75) is 51.0 Å². The van der Waals surface area contributed by atoms with Crippen LogP contribution in [0.15, 0.2) is 47.4 Å². The van der Waals surface area contributed by atoms with E-state index in [9.17, 15) is 8.42 Å². The molecule has 0 radical (unpaired) electrons. The Morgan fingerprint density at radius 1 is 1.03 bits per heavy atom. The number of anilines is 1. The summed E-state index contributed by atoms with van der Waals surface area (Å²) in [5.41, 5.74) is 1.66. The summed E-state index contributed by atoms with van der Waals surface area (Å²) in [4.78, 5) is 2.77. The number of sulfonamides is 1. The molecule has 168 valence electrons. The van der Waals surface area contributed by atoms with Gasteiger partial charge in [-0.3, -0.25) is 4.31 Å². The second kappa shape index (κ2) is 9.09. The van der Waals surface area contributed by atoms with Crippen LogP contribution in [0.5, 0.6) is 11.5 Å². The number of nitrogens with zero attached hydrogens (tertiary/aromatic N) is 2. The van der Waals surface area contributed by atoms with E-state index in [1.54, 1.807) is 28.6 Å². The average Bonchev–Trinajstić information content (AvgIpc) is 3.21. The monoisotopic (exact) mass is 444 g/mol. The molecule has 2 aromatic carbocycles. The zero-order chi connectivity index (χ0) is 22.0. The fourth-order valence-electron chi connectivity index (χ4n) is 4.21. The molecule has 0 amide bonds. The molecule has 6 nitrogen and oxygen atoms in total. The number of ether oxygens (including phenoxy) is 2. The third kappa shape index (κ3) is 4.83. The predicted octanol–water partition coefficient (Wildman–Crippen LogP) is 4.43. The third-order valence-electron chi connectivity index (χ3n) is 6.10. The Hall–Kier alpha value is -2.25. The summed E-state index contributed by atoms with van der Waals surface area (Å²) in [5, 5.41) is 0. The Balaban J connectivity index is 1.63. The van der Waals surface area contributed by atoms with E-state index < -0.39 is 10.0 Å². The molecule has 0 unspecified atom stereocenters. The topological polar surface area (TPSA) is 59.1 Å². The van der Waals surface area contributed by atoms with E-state index >= 15 is 0 Å². The molecule has 0 aromatic heterocycles. The molecule has 31 heavy (non-hydrogen) atoms. The molecule has 0 bridgehead atoms. The second-order valence-corrected chi connectivity index (χ2v) is 10.7. The normalized spacial score (nSPS) is 17.3. The molecule has 2 aromatic rings. The molecule has 1 fully saturated rings. The zero-order valence-corrected chi connectivity index (χ0v) is 19.4. The molecule has 0 saturated carbocycles. The van der Waals surface area contributed by atoms with Crippen molar-refractivity contribution in [3.8, 4) is 11.5 Å². The Labute approximate surface area is 185 Å². The summed E-state index contributed by atoms with van der Waals surface area (Å²) < 4.78 is 40.1. The number of likely N-dealkylation sites (tertiary alicyclic amines) is 1. The first-order chi connectivity index (χ1) is 14.8. The first kappa shape index (κ1) is 22.0. The molecule has 0 aliphatic carbocycles. The van der Waals surface area contributed by atoms with E-state index in [1.165, 1.54) is 0 Å². The average molecular weight is 445 g/mol. The minimum absolute atomic E-state index is 0.0954. The molecule has 2 aliphatic heterocycles. The number of benzene rings is 2. The Morgan fingerprint density at radius 2 is 1.71 bits per heavy atom. The minimum atomic E-state index is -3.71. The highest BCUT2D eigenvalue weighted by Gasteiger charge is 2.35. The lowest BCUT2D eigenvalue weighted by Gasteiger charge is -2.39. The van der Waals surface area contributed by atoms with Crippen LogP contribution >= 0.6 is 0 Å². The quantitative estimate of drug-likeness (QED) is 0.632. The highest BCUT2D eigenvalue weighted by atomic mass is 32.2.